The Bertz CT molecular complexity index is 507. The fourth-order valence-corrected chi connectivity index (χ4v) is 2.13. The van der Waals surface area contributed by atoms with Gasteiger partial charge in [-0.25, -0.2) is 4.98 Å². The van der Waals surface area contributed by atoms with Gasteiger partial charge >= 0.3 is 0 Å². The topological polar surface area (TPSA) is 48.1 Å². The number of nitrogens with zero attached hydrogens (tertiary/aromatic N) is 1. The summed E-state index contributed by atoms with van der Waals surface area (Å²) in [4.78, 5) is 4.09. The van der Waals surface area contributed by atoms with Gasteiger partial charge in [-0.1, -0.05) is 31.2 Å². The summed E-state index contributed by atoms with van der Waals surface area (Å²) in [5, 5.41) is 0.425. The molecule has 3 nitrogen and oxygen atoms in total. The van der Waals surface area contributed by atoms with E-state index in [2.05, 4.69) is 18.5 Å². The molecule has 2 N–H and O–H groups in total. The first-order chi connectivity index (χ1) is 8.87. The molecule has 1 aromatic rings. The SMILES string of the molecule is C=C(OC)c1cnc(Cl)cc1/C(=C\C)C(C)(N)CC. The van der Waals surface area contributed by atoms with Gasteiger partial charge in [-0.05, 0) is 37.5 Å². The molecule has 0 fully saturated rings. The lowest BCUT2D eigenvalue weighted by Crippen LogP contribution is -2.36. The van der Waals surface area contributed by atoms with E-state index in [4.69, 9.17) is 22.1 Å². The second-order valence-corrected chi connectivity index (χ2v) is 5.04. The fraction of sp³-hybridized carbons (Fsp3) is 0.400. The first-order valence-electron chi connectivity index (χ1n) is 6.22. The van der Waals surface area contributed by atoms with Crippen LogP contribution in [0.2, 0.25) is 5.15 Å². The van der Waals surface area contributed by atoms with Gasteiger partial charge in [0.2, 0.25) is 0 Å². The molecule has 1 rings (SSSR count). The zero-order valence-corrected chi connectivity index (χ0v) is 12.7. The first-order valence-corrected chi connectivity index (χ1v) is 6.60. The van der Waals surface area contributed by atoms with Crippen LogP contribution < -0.4 is 5.73 Å². The highest BCUT2D eigenvalue weighted by molar-refractivity contribution is 6.29. The number of ether oxygens (including phenoxy) is 1. The summed E-state index contributed by atoms with van der Waals surface area (Å²) in [6.07, 6.45) is 4.48. The van der Waals surface area contributed by atoms with Gasteiger partial charge in [-0.3, -0.25) is 0 Å². The van der Waals surface area contributed by atoms with Crippen LogP contribution in [0.4, 0.5) is 0 Å². The molecule has 0 radical (unpaired) electrons. The molecular formula is C15H21ClN2O. The highest BCUT2D eigenvalue weighted by Gasteiger charge is 2.25. The monoisotopic (exact) mass is 280 g/mol. The van der Waals surface area contributed by atoms with Crippen LogP contribution in [0.5, 0.6) is 0 Å². The van der Waals surface area contributed by atoms with Crippen molar-refractivity contribution in [2.75, 3.05) is 7.11 Å². The maximum atomic E-state index is 6.36. The fourth-order valence-electron chi connectivity index (χ4n) is 1.97. The van der Waals surface area contributed by atoms with Crippen molar-refractivity contribution in [2.24, 2.45) is 5.73 Å². The van der Waals surface area contributed by atoms with Gasteiger partial charge in [0.25, 0.3) is 0 Å². The van der Waals surface area contributed by atoms with E-state index in [9.17, 15) is 0 Å². The molecule has 0 bridgehead atoms. The van der Waals surface area contributed by atoms with Gasteiger partial charge in [0, 0.05) is 17.3 Å². The standard InChI is InChI=1S/C15H21ClN2O/c1-6-13(15(4,17)7-2)11-8-14(16)18-9-12(11)10(3)19-5/h6,8-9H,3,7,17H2,1-2,4-5H3/b13-6+. The number of methoxy groups -OCH3 is 1. The second-order valence-electron chi connectivity index (χ2n) is 4.65. The Morgan fingerprint density at radius 1 is 1.58 bits per heavy atom. The van der Waals surface area contributed by atoms with Gasteiger partial charge in [0.05, 0.1) is 7.11 Å². The third-order valence-corrected chi connectivity index (χ3v) is 3.55. The molecule has 0 aromatic carbocycles. The molecule has 0 aliphatic carbocycles. The van der Waals surface area contributed by atoms with Crippen molar-refractivity contribution in [1.29, 1.82) is 0 Å². The Morgan fingerprint density at radius 3 is 2.68 bits per heavy atom. The van der Waals surface area contributed by atoms with Crippen molar-refractivity contribution in [3.05, 3.63) is 41.2 Å². The molecule has 1 atom stereocenters. The van der Waals surface area contributed by atoms with E-state index in [0.717, 1.165) is 23.1 Å². The number of hydrogen-bond donors (Lipinski definition) is 1. The maximum Gasteiger partial charge on any atom is 0.129 e. The largest absolute Gasteiger partial charge is 0.497 e. The van der Waals surface area contributed by atoms with Crippen LogP contribution in [0.1, 0.15) is 38.3 Å². The van der Waals surface area contributed by atoms with Gasteiger partial charge < -0.3 is 10.5 Å². The summed E-state index contributed by atoms with van der Waals surface area (Å²) in [6.45, 7) is 9.90. The molecule has 0 saturated heterocycles. The van der Waals surface area contributed by atoms with Crippen LogP contribution in [0.3, 0.4) is 0 Å². The summed E-state index contributed by atoms with van der Waals surface area (Å²) in [5.74, 6) is 0.547. The Morgan fingerprint density at radius 2 is 2.21 bits per heavy atom. The molecule has 104 valence electrons. The van der Waals surface area contributed by atoms with Crippen LogP contribution in [0.15, 0.2) is 24.9 Å². The zero-order valence-electron chi connectivity index (χ0n) is 12.0. The lowest BCUT2D eigenvalue weighted by Gasteiger charge is -2.28. The first kappa shape index (κ1) is 15.7. The number of aromatic nitrogens is 1. The van der Waals surface area contributed by atoms with Gasteiger partial charge in [-0.2, -0.15) is 0 Å². The number of rotatable bonds is 5. The predicted octanol–water partition coefficient (Wildman–Crippen LogP) is 3.88. The molecule has 1 unspecified atom stereocenters. The molecule has 0 aliphatic heterocycles. The van der Waals surface area contributed by atoms with Crippen LogP contribution in [0.25, 0.3) is 11.3 Å². The third kappa shape index (κ3) is 3.37. The van der Waals surface area contributed by atoms with Gasteiger partial charge in [0.1, 0.15) is 10.9 Å². The quantitative estimate of drug-likeness (QED) is 0.658. The van der Waals surface area contributed by atoms with Crippen molar-refractivity contribution < 1.29 is 4.74 Å². The Hall–Kier alpha value is -1.32. The van der Waals surface area contributed by atoms with Gasteiger partial charge in [-0.15, -0.1) is 0 Å². The average Bonchev–Trinajstić information content (AvgIpc) is 2.38. The molecule has 4 heteroatoms. The lowest BCUT2D eigenvalue weighted by molar-refractivity contribution is 0.371. The zero-order chi connectivity index (χ0) is 14.6. The molecule has 0 aliphatic rings. The average molecular weight is 281 g/mol. The van der Waals surface area contributed by atoms with Crippen molar-refractivity contribution >= 4 is 22.9 Å². The van der Waals surface area contributed by atoms with Crippen LogP contribution in [-0.4, -0.2) is 17.6 Å². The van der Waals surface area contributed by atoms with Crippen LogP contribution >= 0.6 is 11.6 Å². The number of nitrogens with two attached hydrogens (primary N) is 1. The summed E-state index contributed by atoms with van der Waals surface area (Å²) < 4.78 is 5.21. The Labute approximate surface area is 120 Å². The molecule has 0 spiro atoms. The summed E-state index contributed by atoms with van der Waals surface area (Å²) in [7, 11) is 1.58. The lowest BCUT2D eigenvalue weighted by atomic mass is 9.83. The Balaban J connectivity index is 3.47. The minimum Gasteiger partial charge on any atom is -0.497 e. The van der Waals surface area contributed by atoms with E-state index in [0.29, 0.717) is 10.9 Å². The Kier molecular flexibility index (Phi) is 5.15. The van der Waals surface area contributed by atoms with E-state index >= 15 is 0 Å². The molecule has 1 aromatic heterocycles. The van der Waals surface area contributed by atoms with Crippen molar-refractivity contribution in [3.8, 4) is 0 Å². The summed E-state index contributed by atoms with van der Waals surface area (Å²) >= 11 is 6.01. The van der Waals surface area contributed by atoms with Crippen LogP contribution in [-0.2, 0) is 4.74 Å². The smallest absolute Gasteiger partial charge is 0.129 e. The minimum atomic E-state index is -0.442. The molecule has 0 saturated carbocycles. The van der Waals surface area contributed by atoms with Gasteiger partial charge in [0.15, 0.2) is 0 Å². The highest BCUT2D eigenvalue weighted by Crippen LogP contribution is 2.33. The van der Waals surface area contributed by atoms with E-state index < -0.39 is 5.54 Å². The molecule has 0 amide bonds. The number of allylic oxidation sites excluding steroid dienone is 1. The van der Waals surface area contributed by atoms with E-state index in [-0.39, 0.29) is 0 Å². The van der Waals surface area contributed by atoms with Crippen molar-refractivity contribution in [3.63, 3.8) is 0 Å². The molecule has 19 heavy (non-hydrogen) atoms. The van der Waals surface area contributed by atoms with Crippen molar-refractivity contribution in [2.45, 2.75) is 32.7 Å². The second kappa shape index (κ2) is 6.22. The molecule has 1 heterocycles. The summed E-state index contributed by atoms with van der Waals surface area (Å²) in [6, 6.07) is 1.80. The van der Waals surface area contributed by atoms with Crippen molar-refractivity contribution in [1.82, 2.24) is 4.98 Å². The number of halogens is 1. The van der Waals surface area contributed by atoms with E-state index in [1.165, 1.54) is 0 Å². The normalized spacial score (nSPS) is 14.9. The van der Waals surface area contributed by atoms with Crippen LogP contribution in [0, 0.1) is 0 Å². The number of pyridine rings is 1. The minimum absolute atomic E-state index is 0.425. The van der Waals surface area contributed by atoms with E-state index in [1.54, 1.807) is 19.4 Å². The highest BCUT2D eigenvalue weighted by atomic mass is 35.5. The predicted molar refractivity (Wildman–Crippen MR) is 81.8 cm³/mol. The third-order valence-electron chi connectivity index (χ3n) is 3.35. The molecular weight excluding hydrogens is 260 g/mol. The maximum absolute atomic E-state index is 6.36. The number of hydrogen-bond acceptors (Lipinski definition) is 3. The van der Waals surface area contributed by atoms with E-state index in [1.807, 2.05) is 19.9 Å². The summed E-state index contributed by atoms with van der Waals surface area (Å²) in [5.41, 5.74) is 8.65.